The minimum atomic E-state index is -0.269. The smallest absolute Gasteiger partial charge is 0.247 e. The fraction of sp³-hybridized carbons (Fsp3) is 0.214. The number of likely N-dealkylation sites (N-methyl/N-ethyl adjacent to an activating group) is 2. The lowest BCUT2D eigenvalue weighted by Crippen LogP contribution is -2.34. The minimum Gasteiger partial charge on any atom is -0.369 e. The highest BCUT2D eigenvalue weighted by molar-refractivity contribution is 6.30. The number of pyridine rings is 1. The average molecular weight is 514 g/mol. The summed E-state index contributed by atoms with van der Waals surface area (Å²) in [5, 5.41) is 6.88. The van der Waals surface area contributed by atoms with E-state index in [9.17, 15) is 4.79 Å². The van der Waals surface area contributed by atoms with Gasteiger partial charge in [0.2, 0.25) is 11.9 Å². The number of anilines is 4. The first-order valence-electron chi connectivity index (χ1n) is 12.0. The van der Waals surface area contributed by atoms with Crippen molar-refractivity contribution in [2.45, 2.75) is 12.5 Å². The van der Waals surface area contributed by atoms with Crippen LogP contribution in [0.1, 0.15) is 6.42 Å². The molecule has 0 bridgehead atoms. The second-order valence-electron chi connectivity index (χ2n) is 9.16. The number of carbonyl (C=O) groups excluding carboxylic acids is 1. The van der Waals surface area contributed by atoms with Gasteiger partial charge in [0.1, 0.15) is 11.0 Å². The molecular formula is C28H28ClN7O. The number of carbonyl (C=O) groups is 1. The van der Waals surface area contributed by atoms with Crippen LogP contribution < -0.4 is 15.5 Å². The van der Waals surface area contributed by atoms with Crippen molar-refractivity contribution >= 4 is 51.6 Å². The molecule has 1 unspecified atom stereocenters. The molecule has 1 amide bonds. The molecule has 9 heteroatoms. The zero-order chi connectivity index (χ0) is 25.9. The van der Waals surface area contributed by atoms with E-state index in [1.54, 1.807) is 12.4 Å². The maximum Gasteiger partial charge on any atom is 0.247 e. The molecule has 188 valence electrons. The molecule has 2 aromatic carbocycles. The lowest BCUT2D eigenvalue weighted by Gasteiger charge is -2.29. The zero-order valence-corrected chi connectivity index (χ0v) is 21.5. The van der Waals surface area contributed by atoms with Crippen LogP contribution in [0.15, 0.2) is 73.6 Å². The number of likely N-dealkylation sites (tertiary alicyclic amines) is 1. The third-order valence-electron chi connectivity index (χ3n) is 6.61. The van der Waals surface area contributed by atoms with E-state index in [4.69, 9.17) is 16.6 Å². The van der Waals surface area contributed by atoms with Crippen LogP contribution in [0.3, 0.4) is 0 Å². The zero-order valence-electron chi connectivity index (χ0n) is 20.8. The largest absolute Gasteiger partial charge is 0.369 e. The van der Waals surface area contributed by atoms with E-state index >= 15 is 0 Å². The Labute approximate surface area is 221 Å². The summed E-state index contributed by atoms with van der Waals surface area (Å²) in [7, 11) is 4.19. The van der Waals surface area contributed by atoms with Crippen molar-refractivity contribution in [3.8, 4) is 11.1 Å². The van der Waals surface area contributed by atoms with Gasteiger partial charge in [-0.15, -0.1) is 0 Å². The Bertz CT molecular complexity index is 1470. The van der Waals surface area contributed by atoms with Gasteiger partial charge < -0.3 is 20.4 Å². The Morgan fingerprint density at radius 1 is 1.22 bits per heavy atom. The quantitative estimate of drug-likeness (QED) is 0.322. The molecular weight excluding hydrogens is 486 g/mol. The highest BCUT2D eigenvalue weighted by Crippen LogP contribution is 2.33. The van der Waals surface area contributed by atoms with Crippen LogP contribution in [-0.2, 0) is 4.79 Å². The number of nitrogens with zero attached hydrogens (tertiary/aromatic N) is 5. The molecule has 2 N–H and O–H groups in total. The molecule has 2 aromatic heterocycles. The van der Waals surface area contributed by atoms with Crippen LogP contribution in [0.4, 0.5) is 23.0 Å². The Morgan fingerprint density at radius 2 is 2.08 bits per heavy atom. The van der Waals surface area contributed by atoms with Gasteiger partial charge in [-0.3, -0.25) is 9.78 Å². The van der Waals surface area contributed by atoms with E-state index in [-0.39, 0.29) is 5.91 Å². The molecule has 1 fully saturated rings. The number of fused-ring (bicyclic) bond motifs is 1. The first-order valence-corrected chi connectivity index (χ1v) is 12.4. The van der Waals surface area contributed by atoms with Gasteiger partial charge in [0.15, 0.2) is 0 Å². The highest BCUT2D eigenvalue weighted by Gasteiger charge is 2.25. The molecule has 1 aliphatic heterocycles. The summed E-state index contributed by atoms with van der Waals surface area (Å²) < 4.78 is 0. The Hall–Kier alpha value is -4.01. The third kappa shape index (κ3) is 5.40. The number of rotatable bonds is 7. The van der Waals surface area contributed by atoms with Crippen molar-refractivity contribution in [3.05, 3.63) is 78.6 Å². The standard InChI is InChI=1S/C28H28ClN7O/c1-4-26(37)33-23-15-20(8-9-25(23)36(3)21-11-13-35(2)17-21)32-28-31-16-24-27(34-28)22(10-12-30-24)18-6-5-7-19(29)14-18/h4-10,12,14-16,21H,1,11,13,17H2,2-3H3,(H,33,37)(H,31,32,34). The van der Waals surface area contributed by atoms with Crippen LogP contribution in [0.25, 0.3) is 22.2 Å². The Morgan fingerprint density at radius 3 is 2.84 bits per heavy atom. The van der Waals surface area contributed by atoms with Crippen molar-refractivity contribution in [2.75, 3.05) is 42.7 Å². The minimum absolute atomic E-state index is 0.269. The molecule has 0 radical (unpaired) electrons. The highest BCUT2D eigenvalue weighted by atomic mass is 35.5. The number of halogens is 1. The number of hydrogen-bond donors (Lipinski definition) is 2. The van der Waals surface area contributed by atoms with E-state index in [1.165, 1.54) is 6.08 Å². The van der Waals surface area contributed by atoms with E-state index in [1.807, 2.05) is 48.5 Å². The maximum absolute atomic E-state index is 12.2. The molecule has 1 atom stereocenters. The summed E-state index contributed by atoms with van der Waals surface area (Å²) in [5.41, 5.74) is 5.62. The van der Waals surface area contributed by atoms with Crippen LogP contribution >= 0.6 is 11.6 Å². The fourth-order valence-corrected chi connectivity index (χ4v) is 4.84. The number of amides is 1. The van der Waals surface area contributed by atoms with Crippen molar-refractivity contribution in [1.82, 2.24) is 19.9 Å². The third-order valence-corrected chi connectivity index (χ3v) is 6.84. The van der Waals surface area contributed by atoms with Crippen molar-refractivity contribution < 1.29 is 4.79 Å². The van der Waals surface area contributed by atoms with E-state index < -0.39 is 0 Å². The second kappa shape index (κ2) is 10.5. The second-order valence-corrected chi connectivity index (χ2v) is 9.60. The molecule has 1 saturated heterocycles. The van der Waals surface area contributed by atoms with Gasteiger partial charge >= 0.3 is 0 Å². The summed E-state index contributed by atoms with van der Waals surface area (Å²) in [5.74, 6) is 0.151. The topological polar surface area (TPSA) is 86.3 Å². The predicted octanol–water partition coefficient (Wildman–Crippen LogP) is 5.35. The average Bonchev–Trinajstić information content (AvgIpc) is 3.34. The summed E-state index contributed by atoms with van der Waals surface area (Å²) >= 11 is 6.23. The van der Waals surface area contributed by atoms with Crippen molar-refractivity contribution in [2.24, 2.45) is 0 Å². The van der Waals surface area contributed by atoms with Gasteiger partial charge in [-0.2, -0.15) is 0 Å². The van der Waals surface area contributed by atoms with Gasteiger partial charge in [0.25, 0.3) is 0 Å². The van der Waals surface area contributed by atoms with Crippen LogP contribution in [0.2, 0.25) is 5.02 Å². The van der Waals surface area contributed by atoms with E-state index in [2.05, 4.69) is 51.1 Å². The molecule has 5 rings (SSSR count). The summed E-state index contributed by atoms with van der Waals surface area (Å²) in [6.07, 6.45) is 5.76. The summed E-state index contributed by atoms with van der Waals surface area (Å²) in [6.45, 7) is 5.62. The van der Waals surface area contributed by atoms with Crippen LogP contribution in [0, 0.1) is 0 Å². The first kappa shape index (κ1) is 24.7. The normalized spacial score (nSPS) is 15.5. The first-order chi connectivity index (χ1) is 17.9. The fourth-order valence-electron chi connectivity index (χ4n) is 4.65. The van der Waals surface area contributed by atoms with Gasteiger partial charge in [-0.25, -0.2) is 9.97 Å². The van der Waals surface area contributed by atoms with Gasteiger partial charge in [-0.05, 0) is 68.1 Å². The summed E-state index contributed by atoms with van der Waals surface area (Å²) in [4.78, 5) is 30.4. The number of aromatic nitrogens is 3. The van der Waals surface area contributed by atoms with E-state index in [0.717, 1.165) is 42.0 Å². The Balaban J connectivity index is 1.48. The van der Waals surface area contributed by atoms with Crippen molar-refractivity contribution in [1.29, 1.82) is 0 Å². The molecule has 1 aliphatic rings. The molecule has 3 heterocycles. The monoisotopic (exact) mass is 513 g/mol. The van der Waals surface area contributed by atoms with Crippen LogP contribution in [-0.4, -0.2) is 59.0 Å². The summed E-state index contributed by atoms with van der Waals surface area (Å²) in [6, 6.07) is 15.8. The predicted molar refractivity (Wildman–Crippen MR) is 151 cm³/mol. The van der Waals surface area contributed by atoms with E-state index in [0.29, 0.717) is 33.7 Å². The molecule has 0 spiro atoms. The van der Waals surface area contributed by atoms with Crippen molar-refractivity contribution in [3.63, 3.8) is 0 Å². The maximum atomic E-state index is 12.2. The lowest BCUT2D eigenvalue weighted by atomic mass is 10.1. The van der Waals surface area contributed by atoms with Gasteiger partial charge in [0, 0.05) is 42.1 Å². The lowest BCUT2D eigenvalue weighted by molar-refractivity contribution is -0.111. The SMILES string of the molecule is C=CC(=O)Nc1cc(Nc2ncc3nccc(-c4cccc(Cl)c4)c3n2)ccc1N(C)C1CCN(C)C1. The number of nitrogens with one attached hydrogen (secondary N) is 2. The number of hydrogen-bond acceptors (Lipinski definition) is 7. The molecule has 8 nitrogen and oxygen atoms in total. The van der Waals surface area contributed by atoms with Gasteiger partial charge in [-0.1, -0.05) is 30.3 Å². The number of benzene rings is 2. The van der Waals surface area contributed by atoms with Crippen LogP contribution in [0.5, 0.6) is 0 Å². The van der Waals surface area contributed by atoms with Gasteiger partial charge in [0.05, 0.1) is 17.6 Å². The molecule has 37 heavy (non-hydrogen) atoms. The molecule has 4 aromatic rings. The molecule has 0 aliphatic carbocycles. The Kier molecular flexibility index (Phi) is 7.03. The molecule has 0 saturated carbocycles.